The predicted octanol–water partition coefficient (Wildman–Crippen LogP) is 2.89. The van der Waals surface area contributed by atoms with Crippen LogP contribution in [0, 0.1) is 0 Å². The Hall–Kier alpha value is -3.22. The number of hydrogen-bond donors (Lipinski definition) is 0. The molecule has 130 valence electrons. The second-order valence-corrected chi connectivity index (χ2v) is 6.61. The van der Waals surface area contributed by atoms with Crippen LogP contribution in [-0.4, -0.2) is 35.8 Å². The molecule has 1 saturated heterocycles. The Balaban J connectivity index is 1.55. The van der Waals surface area contributed by atoms with Crippen molar-refractivity contribution < 1.29 is 0 Å². The predicted molar refractivity (Wildman–Crippen MR) is 99.2 cm³/mol. The highest BCUT2D eigenvalue weighted by atomic mass is 15.3. The van der Waals surface area contributed by atoms with Crippen molar-refractivity contribution in [2.24, 2.45) is 7.05 Å². The number of imidazole rings is 1. The van der Waals surface area contributed by atoms with Gasteiger partial charge < -0.3 is 9.47 Å². The lowest BCUT2D eigenvalue weighted by molar-refractivity contribution is 0.625. The van der Waals surface area contributed by atoms with Gasteiger partial charge >= 0.3 is 0 Å². The van der Waals surface area contributed by atoms with Crippen LogP contribution in [0.2, 0.25) is 0 Å². The number of rotatable bonds is 3. The second kappa shape index (κ2) is 5.94. The van der Waals surface area contributed by atoms with Crippen LogP contribution in [0.25, 0.3) is 16.9 Å². The van der Waals surface area contributed by atoms with Crippen LogP contribution < -0.4 is 4.90 Å². The molecule has 3 aromatic heterocycles. The molecule has 0 radical (unpaired) electrons. The number of benzene rings is 1. The summed E-state index contributed by atoms with van der Waals surface area (Å²) < 4.78 is 4.03. The molecule has 1 atom stereocenters. The molecule has 7 nitrogen and oxygen atoms in total. The first-order valence-electron chi connectivity index (χ1n) is 8.81. The highest BCUT2D eigenvalue weighted by molar-refractivity contribution is 5.76. The molecule has 5 rings (SSSR count). The van der Waals surface area contributed by atoms with Crippen molar-refractivity contribution in [1.82, 2.24) is 29.3 Å². The number of fused-ring (bicyclic) bond motifs is 1. The Morgan fingerprint density at radius 2 is 1.88 bits per heavy atom. The third-order valence-electron chi connectivity index (χ3n) is 5.01. The average molecular weight is 345 g/mol. The summed E-state index contributed by atoms with van der Waals surface area (Å²) in [4.78, 5) is 11.7. The standard InChI is InChI=1S/C19H19N7/c1-24-13-21-23-19(24)16-8-5-11-25(16)17-9-4-10-18(22-17)26-12-20-14-6-2-3-7-15(14)26/h2-4,6-7,9-10,12-13,16H,5,8,11H2,1H3. The number of hydrogen-bond acceptors (Lipinski definition) is 5. The molecule has 7 heteroatoms. The number of nitrogens with zero attached hydrogens (tertiary/aromatic N) is 7. The zero-order chi connectivity index (χ0) is 17.5. The molecule has 0 aliphatic carbocycles. The quantitative estimate of drug-likeness (QED) is 0.571. The van der Waals surface area contributed by atoms with Gasteiger partial charge in [-0.1, -0.05) is 18.2 Å². The smallest absolute Gasteiger partial charge is 0.155 e. The van der Waals surface area contributed by atoms with Crippen LogP contribution in [0.4, 0.5) is 5.82 Å². The minimum atomic E-state index is 0.213. The zero-order valence-electron chi connectivity index (χ0n) is 14.5. The van der Waals surface area contributed by atoms with E-state index >= 15 is 0 Å². The molecule has 0 spiro atoms. The van der Waals surface area contributed by atoms with Crippen molar-refractivity contribution in [3.05, 3.63) is 60.9 Å². The van der Waals surface area contributed by atoms with Crippen molar-refractivity contribution in [2.45, 2.75) is 18.9 Å². The van der Waals surface area contributed by atoms with Gasteiger partial charge in [-0.3, -0.25) is 4.57 Å². The Morgan fingerprint density at radius 3 is 2.77 bits per heavy atom. The third-order valence-corrected chi connectivity index (χ3v) is 5.01. The minimum Gasteiger partial charge on any atom is -0.346 e. The molecule has 0 amide bonds. The minimum absolute atomic E-state index is 0.213. The summed E-state index contributed by atoms with van der Waals surface area (Å²) in [6.45, 7) is 0.971. The van der Waals surface area contributed by atoms with Gasteiger partial charge in [0.05, 0.1) is 17.1 Å². The van der Waals surface area contributed by atoms with Crippen LogP contribution in [0.5, 0.6) is 0 Å². The summed E-state index contributed by atoms with van der Waals surface area (Å²) in [5.74, 6) is 2.83. The molecule has 1 unspecified atom stereocenters. The van der Waals surface area contributed by atoms with Gasteiger partial charge in [-0.25, -0.2) is 9.97 Å². The highest BCUT2D eigenvalue weighted by Gasteiger charge is 2.30. The van der Waals surface area contributed by atoms with E-state index in [1.807, 2.05) is 46.8 Å². The monoisotopic (exact) mass is 345 g/mol. The first-order chi connectivity index (χ1) is 12.8. The summed E-state index contributed by atoms with van der Waals surface area (Å²) in [5, 5.41) is 8.36. The SMILES string of the molecule is Cn1cnnc1C1CCCN1c1cccc(-n2cnc3ccccc32)n1. The molecule has 1 fully saturated rings. The molecule has 0 bridgehead atoms. The molecule has 1 aliphatic rings. The molecular formula is C19H19N7. The Kier molecular flexibility index (Phi) is 3.44. The van der Waals surface area contributed by atoms with E-state index in [9.17, 15) is 0 Å². The maximum atomic E-state index is 4.93. The summed E-state index contributed by atoms with van der Waals surface area (Å²) in [7, 11) is 1.99. The van der Waals surface area contributed by atoms with E-state index < -0.39 is 0 Å². The summed E-state index contributed by atoms with van der Waals surface area (Å²) in [5.41, 5.74) is 2.03. The van der Waals surface area contributed by atoms with E-state index in [-0.39, 0.29) is 6.04 Å². The number of aromatic nitrogens is 6. The summed E-state index contributed by atoms with van der Waals surface area (Å²) >= 11 is 0. The van der Waals surface area contributed by atoms with Crippen LogP contribution in [0.1, 0.15) is 24.7 Å². The zero-order valence-corrected chi connectivity index (χ0v) is 14.5. The van der Waals surface area contributed by atoms with Crippen molar-refractivity contribution in [1.29, 1.82) is 0 Å². The Morgan fingerprint density at radius 1 is 1.00 bits per heavy atom. The molecule has 1 aromatic carbocycles. The average Bonchev–Trinajstić information content (AvgIpc) is 3.40. The van der Waals surface area contributed by atoms with Crippen LogP contribution >= 0.6 is 0 Å². The fourth-order valence-corrected chi connectivity index (χ4v) is 3.75. The van der Waals surface area contributed by atoms with Gasteiger partial charge in [-0.15, -0.1) is 10.2 Å². The fraction of sp³-hybridized carbons (Fsp3) is 0.263. The maximum Gasteiger partial charge on any atom is 0.155 e. The molecule has 4 heterocycles. The first-order valence-corrected chi connectivity index (χ1v) is 8.81. The number of para-hydroxylation sites is 2. The normalized spacial score (nSPS) is 17.3. The first kappa shape index (κ1) is 15.1. The highest BCUT2D eigenvalue weighted by Crippen LogP contribution is 2.34. The second-order valence-electron chi connectivity index (χ2n) is 6.61. The topological polar surface area (TPSA) is 64.7 Å². The number of aryl methyl sites for hydroxylation is 1. The number of anilines is 1. The van der Waals surface area contributed by atoms with Gasteiger partial charge in [-0.05, 0) is 37.1 Å². The molecule has 1 aliphatic heterocycles. The summed E-state index contributed by atoms with van der Waals surface area (Å²) in [6.07, 6.45) is 5.78. The molecule has 0 N–H and O–H groups in total. The lowest BCUT2D eigenvalue weighted by Crippen LogP contribution is -2.26. The van der Waals surface area contributed by atoms with Crippen molar-refractivity contribution in [3.63, 3.8) is 0 Å². The Bertz CT molecular complexity index is 1060. The lowest BCUT2D eigenvalue weighted by atomic mass is 10.2. The number of pyridine rings is 1. The van der Waals surface area contributed by atoms with Crippen molar-refractivity contribution in [2.75, 3.05) is 11.4 Å². The molecule has 0 saturated carbocycles. The van der Waals surface area contributed by atoms with E-state index in [1.54, 1.807) is 6.33 Å². The van der Waals surface area contributed by atoms with E-state index in [4.69, 9.17) is 4.98 Å². The van der Waals surface area contributed by atoms with Gasteiger partial charge in [0.1, 0.15) is 24.3 Å². The van der Waals surface area contributed by atoms with Crippen LogP contribution in [0.3, 0.4) is 0 Å². The van der Waals surface area contributed by atoms with Gasteiger partial charge in [-0.2, -0.15) is 0 Å². The van der Waals surface area contributed by atoms with Gasteiger partial charge in [0.2, 0.25) is 0 Å². The lowest BCUT2D eigenvalue weighted by Gasteiger charge is -2.25. The van der Waals surface area contributed by atoms with Crippen LogP contribution in [-0.2, 0) is 7.05 Å². The molecule has 26 heavy (non-hydrogen) atoms. The molecule has 4 aromatic rings. The largest absolute Gasteiger partial charge is 0.346 e. The van der Waals surface area contributed by atoms with Crippen molar-refractivity contribution >= 4 is 16.9 Å². The Labute approximate surface area is 150 Å². The third kappa shape index (κ3) is 2.35. The van der Waals surface area contributed by atoms with Gasteiger partial charge in [0.25, 0.3) is 0 Å². The van der Waals surface area contributed by atoms with E-state index in [1.165, 1.54) is 0 Å². The van der Waals surface area contributed by atoms with Crippen LogP contribution in [0.15, 0.2) is 55.1 Å². The fourth-order valence-electron chi connectivity index (χ4n) is 3.75. The summed E-state index contributed by atoms with van der Waals surface area (Å²) in [6, 6.07) is 14.5. The maximum absolute atomic E-state index is 4.93. The van der Waals surface area contributed by atoms with E-state index in [0.29, 0.717) is 0 Å². The van der Waals surface area contributed by atoms with E-state index in [2.05, 4.69) is 38.3 Å². The van der Waals surface area contributed by atoms with Gasteiger partial charge in [0, 0.05) is 13.6 Å². The van der Waals surface area contributed by atoms with Crippen molar-refractivity contribution in [3.8, 4) is 5.82 Å². The van der Waals surface area contributed by atoms with E-state index in [0.717, 1.165) is 47.9 Å². The molecular weight excluding hydrogens is 326 g/mol. The van der Waals surface area contributed by atoms with Gasteiger partial charge in [0.15, 0.2) is 5.82 Å².